The van der Waals surface area contributed by atoms with Crippen molar-refractivity contribution >= 4 is 28.7 Å². The van der Waals surface area contributed by atoms with E-state index in [-0.39, 0.29) is 34.5 Å². The number of nitrogens with one attached hydrogen (secondary N) is 1. The lowest BCUT2D eigenvalue weighted by Gasteiger charge is -2.29. The number of pyridine rings is 1. The highest BCUT2D eigenvalue weighted by Gasteiger charge is 2.32. The van der Waals surface area contributed by atoms with Gasteiger partial charge in [-0.05, 0) is 68.9 Å². The number of halogens is 1. The quantitative estimate of drug-likeness (QED) is 0.248. The van der Waals surface area contributed by atoms with Crippen molar-refractivity contribution in [2.75, 3.05) is 25.1 Å². The lowest BCUT2D eigenvalue weighted by Crippen LogP contribution is -2.29. The van der Waals surface area contributed by atoms with Gasteiger partial charge in [0.1, 0.15) is 11.6 Å². The molecule has 2 aromatic heterocycles. The van der Waals surface area contributed by atoms with Crippen molar-refractivity contribution in [3.8, 4) is 28.1 Å². The Labute approximate surface area is 225 Å². The number of rotatable bonds is 6. The SMILES string of the molecule is COC(=O)c1c(-c2ccc(OC(=O)C3CC3)cc2F)nc2n[nH]c(C)c2c1-c1ccc(N2CCCCC2)cc1. The van der Waals surface area contributed by atoms with Gasteiger partial charge < -0.3 is 14.4 Å². The van der Waals surface area contributed by atoms with Gasteiger partial charge in [0.2, 0.25) is 0 Å². The van der Waals surface area contributed by atoms with E-state index >= 15 is 4.39 Å². The van der Waals surface area contributed by atoms with E-state index < -0.39 is 11.8 Å². The van der Waals surface area contributed by atoms with Gasteiger partial charge in [0, 0.05) is 41.7 Å². The van der Waals surface area contributed by atoms with Crippen LogP contribution in [-0.4, -0.2) is 47.3 Å². The highest BCUT2D eigenvalue weighted by molar-refractivity contribution is 6.11. The van der Waals surface area contributed by atoms with Gasteiger partial charge in [-0.2, -0.15) is 5.10 Å². The molecule has 2 aromatic carbocycles. The van der Waals surface area contributed by atoms with Gasteiger partial charge >= 0.3 is 11.9 Å². The average molecular weight is 529 g/mol. The van der Waals surface area contributed by atoms with E-state index in [1.165, 1.54) is 38.5 Å². The Bertz CT molecular complexity index is 1570. The third kappa shape index (κ3) is 4.73. The van der Waals surface area contributed by atoms with Crippen molar-refractivity contribution in [3.63, 3.8) is 0 Å². The van der Waals surface area contributed by atoms with Gasteiger partial charge in [-0.1, -0.05) is 12.1 Å². The molecule has 1 aliphatic carbocycles. The Kier molecular flexibility index (Phi) is 6.50. The minimum atomic E-state index is -0.674. The summed E-state index contributed by atoms with van der Waals surface area (Å²) in [4.78, 5) is 32.3. The second kappa shape index (κ2) is 10.1. The first-order chi connectivity index (χ1) is 18.9. The fraction of sp³-hybridized carbons (Fsp3) is 0.333. The van der Waals surface area contributed by atoms with Crippen LogP contribution in [0.25, 0.3) is 33.4 Å². The molecule has 1 saturated heterocycles. The van der Waals surface area contributed by atoms with Crippen LogP contribution in [0.4, 0.5) is 10.1 Å². The maximum Gasteiger partial charge on any atom is 0.340 e. The number of hydrogen-bond donors (Lipinski definition) is 1. The summed E-state index contributed by atoms with van der Waals surface area (Å²) in [6.45, 7) is 3.89. The summed E-state index contributed by atoms with van der Waals surface area (Å²) < 4.78 is 26.0. The van der Waals surface area contributed by atoms with Crippen molar-refractivity contribution < 1.29 is 23.5 Å². The van der Waals surface area contributed by atoms with Crippen molar-refractivity contribution in [2.24, 2.45) is 5.92 Å². The Morgan fingerprint density at radius 2 is 1.79 bits per heavy atom. The number of aromatic amines is 1. The Balaban J connectivity index is 1.49. The molecule has 0 bridgehead atoms. The van der Waals surface area contributed by atoms with E-state index in [0.717, 1.165) is 48.9 Å². The number of carbonyl (C=O) groups excluding carboxylic acids is 2. The smallest absolute Gasteiger partial charge is 0.340 e. The van der Waals surface area contributed by atoms with Crippen LogP contribution in [0.15, 0.2) is 42.5 Å². The molecule has 3 heterocycles. The molecule has 1 aliphatic heterocycles. The first-order valence-electron chi connectivity index (χ1n) is 13.3. The van der Waals surface area contributed by atoms with E-state index in [1.54, 1.807) is 0 Å². The number of piperidine rings is 1. The number of benzene rings is 2. The number of fused-ring (bicyclic) bond motifs is 1. The Morgan fingerprint density at radius 1 is 1.05 bits per heavy atom. The number of ether oxygens (including phenoxy) is 2. The zero-order valence-electron chi connectivity index (χ0n) is 21.9. The molecular formula is C30H29FN4O4. The maximum atomic E-state index is 15.5. The zero-order valence-corrected chi connectivity index (χ0v) is 21.9. The third-order valence-electron chi connectivity index (χ3n) is 7.47. The molecule has 1 N–H and O–H groups in total. The molecule has 1 saturated carbocycles. The number of nitrogens with zero attached hydrogens (tertiary/aromatic N) is 3. The fourth-order valence-corrected chi connectivity index (χ4v) is 5.25. The summed E-state index contributed by atoms with van der Waals surface area (Å²) in [5, 5.41) is 7.95. The summed E-state index contributed by atoms with van der Waals surface area (Å²) in [5.74, 6) is -1.68. The van der Waals surface area contributed by atoms with Crippen molar-refractivity contribution in [1.82, 2.24) is 15.2 Å². The molecule has 39 heavy (non-hydrogen) atoms. The molecule has 0 amide bonds. The minimum absolute atomic E-state index is 0.0790. The number of aromatic nitrogens is 3. The first-order valence-corrected chi connectivity index (χ1v) is 13.3. The van der Waals surface area contributed by atoms with Crippen LogP contribution in [0.2, 0.25) is 0 Å². The molecule has 4 aromatic rings. The molecule has 6 rings (SSSR count). The predicted molar refractivity (Wildman–Crippen MR) is 145 cm³/mol. The summed E-state index contributed by atoms with van der Waals surface area (Å²) in [7, 11) is 1.29. The molecule has 0 unspecified atom stereocenters. The monoisotopic (exact) mass is 528 g/mol. The lowest BCUT2D eigenvalue weighted by molar-refractivity contribution is -0.135. The molecule has 200 valence electrons. The van der Waals surface area contributed by atoms with Gasteiger partial charge in [0.05, 0.1) is 29.7 Å². The summed E-state index contributed by atoms with van der Waals surface area (Å²) in [5.41, 5.74) is 3.87. The van der Waals surface area contributed by atoms with E-state index in [0.29, 0.717) is 16.6 Å². The molecule has 0 spiro atoms. The Hall–Kier alpha value is -4.27. The topological polar surface area (TPSA) is 97.4 Å². The third-order valence-corrected chi connectivity index (χ3v) is 7.47. The summed E-state index contributed by atoms with van der Waals surface area (Å²) in [6, 6.07) is 12.2. The van der Waals surface area contributed by atoms with Gasteiger partial charge in [0.15, 0.2) is 5.65 Å². The zero-order chi connectivity index (χ0) is 27.1. The Morgan fingerprint density at radius 3 is 2.46 bits per heavy atom. The molecular weight excluding hydrogens is 499 g/mol. The molecule has 8 nitrogen and oxygen atoms in total. The summed E-state index contributed by atoms with van der Waals surface area (Å²) >= 11 is 0. The number of esters is 2. The standard InChI is InChI=1S/C30H29FN4O4/c1-17-24-25(18-8-10-20(11-9-18)35-14-4-3-5-15-35)26(30(37)38-2)27(32-28(24)34-33-17)22-13-12-21(16-23(22)31)39-29(36)19-6-7-19/h8-13,16,19H,3-7,14-15H2,1-2H3,(H,32,33,34). The minimum Gasteiger partial charge on any atom is -0.465 e. The molecule has 0 atom stereocenters. The molecule has 9 heteroatoms. The van der Waals surface area contributed by atoms with Crippen LogP contribution in [0, 0.1) is 18.7 Å². The normalized spacial score (nSPS) is 15.4. The number of anilines is 1. The van der Waals surface area contributed by atoms with Crippen LogP contribution >= 0.6 is 0 Å². The van der Waals surface area contributed by atoms with Crippen LogP contribution < -0.4 is 9.64 Å². The van der Waals surface area contributed by atoms with Crippen LogP contribution in [0.5, 0.6) is 5.75 Å². The predicted octanol–water partition coefficient (Wildman–Crippen LogP) is 5.83. The summed E-state index contributed by atoms with van der Waals surface area (Å²) in [6.07, 6.45) is 5.16. The number of carbonyl (C=O) groups is 2. The van der Waals surface area contributed by atoms with Crippen molar-refractivity contribution in [3.05, 3.63) is 59.5 Å². The van der Waals surface area contributed by atoms with E-state index in [2.05, 4.69) is 20.1 Å². The first kappa shape index (κ1) is 25.0. The second-order valence-corrected chi connectivity index (χ2v) is 10.2. The molecule has 2 aliphatic rings. The number of methoxy groups -OCH3 is 1. The highest BCUT2D eigenvalue weighted by Crippen LogP contribution is 2.40. The fourth-order valence-electron chi connectivity index (χ4n) is 5.25. The number of H-pyrrole nitrogens is 1. The van der Waals surface area contributed by atoms with Crippen molar-refractivity contribution in [2.45, 2.75) is 39.0 Å². The number of hydrogen-bond acceptors (Lipinski definition) is 7. The van der Waals surface area contributed by atoms with Gasteiger partial charge in [-0.15, -0.1) is 0 Å². The molecule has 2 fully saturated rings. The van der Waals surface area contributed by atoms with E-state index in [1.807, 2.05) is 31.2 Å². The van der Waals surface area contributed by atoms with Gasteiger partial charge in [-0.25, -0.2) is 14.2 Å². The second-order valence-electron chi connectivity index (χ2n) is 10.2. The van der Waals surface area contributed by atoms with Crippen molar-refractivity contribution in [1.29, 1.82) is 0 Å². The maximum absolute atomic E-state index is 15.5. The highest BCUT2D eigenvalue weighted by atomic mass is 19.1. The average Bonchev–Trinajstić information content (AvgIpc) is 3.75. The van der Waals surface area contributed by atoms with Crippen LogP contribution in [-0.2, 0) is 9.53 Å². The number of aryl methyl sites for hydroxylation is 1. The van der Waals surface area contributed by atoms with Gasteiger partial charge in [-0.3, -0.25) is 9.89 Å². The lowest BCUT2D eigenvalue weighted by atomic mass is 9.92. The van der Waals surface area contributed by atoms with E-state index in [9.17, 15) is 9.59 Å². The van der Waals surface area contributed by atoms with Crippen LogP contribution in [0.1, 0.15) is 48.2 Å². The van der Waals surface area contributed by atoms with Crippen LogP contribution in [0.3, 0.4) is 0 Å². The molecule has 0 radical (unpaired) electrons. The largest absolute Gasteiger partial charge is 0.465 e. The van der Waals surface area contributed by atoms with Gasteiger partial charge in [0.25, 0.3) is 0 Å². The van der Waals surface area contributed by atoms with E-state index in [4.69, 9.17) is 9.47 Å².